The number of anilines is 2. The number of aromatic nitrogens is 3. The van der Waals surface area contributed by atoms with Gasteiger partial charge in [0.1, 0.15) is 17.0 Å². The Labute approximate surface area is 224 Å². The molecule has 38 heavy (non-hydrogen) atoms. The third-order valence-electron chi connectivity index (χ3n) is 6.82. The predicted molar refractivity (Wildman–Crippen MR) is 150 cm³/mol. The van der Waals surface area contributed by atoms with Crippen LogP contribution in [-0.2, 0) is 10.0 Å². The number of rotatable bonds is 6. The Hall–Kier alpha value is -3.80. The minimum atomic E-state index is -3.71. The van der Waals surface area contributed by atoms with Gasteiger partial charge in [-0.1, -0.05) is 18.2 Å². The lowest BCUT2D eigenvalue weighted by molar-refractivity contribution is 0.0921. The molecule has 6 rings (SSSR count). The highest BCUT2D eigenvalue weighted by molar-refractivity contribution is 7.90. The van der Waals surface area contributed by atoms with Crippen LogP contribution < -0.4 is 10.6 Å². The van der Waals surface area contributed by atoms with Crippen LogP contribution in [0.4, 0.5) is 11.5 Å². The first kappa shape index (κ1) is 24.5. The molecule has 0 unspecified atom stereocenters. The van der Waals surface area contributed by atoms with Gasteiger partial charge in [-0.05, 0) is 75.4 Å². The minimum absolute atomic E-state index is 0.0871. The first-order valence-corrected chi connectivity index (χ1v) is 14.6. The number of thiophene rings is 1. The van der Waals surface area contributed by atoms with Crippen molar-refractivity contribution in [1.29, 1.82) is 0 Å². The summed E-state index contributed by atoms with van der Waals surface area (Å²) in [5, 5.41) is 8.00. The summed E-state index contributed by atoms with van der Waals surface area (Å²) < 4.78 is 27.5. The molecule has 1 amide bonds. The number of piperidine rings is 1. The molecule has 5 aromatic rings. The fourth-order valence-corrected chi connectivity index (χ4v) is 7.00. The number of likely N-dealkylation sites (tertiary alicyclic amines) is 1. The maximum absolute atomic E-state index is 13.1. The molecule has 9 nitrogen and oxygen atoms in total. The summed E-state index contributed by atoms with van der Waals surface area (Å²) in [4.78, 5) is 25.5. The van der Waals surface area contributed by atoms with Crippen LogP contribution in [0.1, 0.15) is 22.5 Å². The maximum atomic E-state index is 13.1. The normalized spacial score (nSPS) is 15.2. The molecule has 0 saturated carbocycles. The molecular formula is C27H26N6O3S2. The highest BCUT2D eigenvalue weighted by Gasteiger charge is 2.22. The molecule has 1 aliphatic heterocycles. The second kappa shape index (κ2) is 9.82. The molecular weight excluding hydrogens is 520 g/mol. The highest BCUT2D eigenvalue weighted by Crippen LogP contribution is 2.31. The monoisotopic (exact) mass is 546 g/mol. The lowest BCUT2D eigenvalue weighted by Gasteiger charge is -2.29. The van der Waals surface area contributed by atoms with Crippen molar-refractivity contribution < 1.29 is 13.2 Å². The van der Waals surface area contributed by atoms with Crippen molar-refractivity contribution in [1.82, 2.24) is 24.2 Å². The van der Waals surface area contributed by atoms with Gasteiger partial charge in [-0.3, -0.25) is 4.79 Å². The zero-order chi connectivity index (χ0) is 26.3. The predicted octanol–water partition coefficient (Wildman–Crippen LogP) is 4.45. The number of amides is 1. The van der Waals surface area contributed by atoms with Crippen LogP contribution in [0.5, 0.6) is 0 Å². The van der Waals surface area contributed by atoms with Gasteiger partial charge in [0.2, 0.25) is 0 Å². The first-order valence-electron chi connectivity index (χ1n) is 12.3. The van der Waals surface area contributed by atoms with E-state index in [4.69, 9.17) is 0 Å². The second-order valence-corrected chi connectivity index (χ2v) is 12.3. The topological polar surface area (TPSA) is 109 Å². The number of carbonyl (C=O) groups is 1. The van der Waals surface area contributed by atoms with Gasteiger partial charge in [-0.15, -0.1) is 11.3 Å². The average Bonchev–Trinajstić information content (AvgIpc) is 3.56. The van der Waals surface area contributed by atoms with Crippen LogP contribution in [0.2, 0.25) is 0 Å². The number of carbonyl (C=O) groups excluding carboxylic acids is 1. The van der Waals surface area contributed by atoms with E-state index in [2.05, 4.69) is 32.5 Å². The molecule has 1 saturated heterocycles. The fourth-order valence-electron chi connectivity index (χ4n) is 4.72. The zero-order valence-corrected chi connectivity index (χ0v) is 22.3. The van der Waals surface area contributed by atoms with Crippen molar-refractivity contribution in [3.05, 3.63) is 78.1 Å². The maximum Gasteiger partial charge on any atom is 0.268 e. The Morgan fingerprint density at radius 1 is 1.03 bits per heavy atom. The molecule has 3 aromatic heterocycles. The molecule has 4 heterocycles. The van der Waals surface area contributed by atoms with Crippen molar-refractivity contribution in [3.63, 3.8) is 0 Å². The van der Waals surface area contributed by atoms with E-state index in [9.17, 15) is 13.2 Å². The largest absolute Gasteiger partial charge is 0.349 e. The summed E-state index contributed by atoms with van der Waals surface area (Å²) in [6, 6.07) is 17.6. The second-order valence-electron chi connectivity index (χ2n) is 9.43. The number of hydrogen-bond acceptors (Lipinski definition) is 8. The van der Waals surface area contributed by atoms with Gasteiger partial charge in [0.25, 0.3) is 15.9 Å². The molecule has 0 bridgehead atoms. The van der Waals surface area contributed by atoms with Gasteiger partial charge in [-0.2, -0.15) is 0 Å². The summed E-state index contributed by atoms with van der Waals surface area (Å²) >= 11 is 1.34. The molecule has 0 aliphatic carbocycles. The van der Waals surface area contributed by atoms with Crippen molar-refractivity contribution in [2.45, 2.75) is 23.8 Å². The van der Waals surface area contributed by atoms with Gasteiger partial charge in [0.15, 0.2) is 0 Å². The van der Waals surface area contributed by atoms with Crippen LogP contribution in [0.3, 0.4) is 0 Å². The van der Waals surface area contributed by atoms with Crippen molar-refractivity contribution in [2.75, 3.05) is 25.5 Å². The number of nitrogens with one attached hydrogen (secondary N) is 2. The van der Waals surface area contributed by atoms with E-state index < -0.39 is 10.0 Å². The minimum Gasteiger partial charge on any atom is -0.349 e. The van der Waals surface area contributed by atoms with Crippen LogP contribution in [0.25, 0.3) is 21.1 Å². The number of nitrogens with zero attached hydrogens (tertiary/aromatic N) is 4. The Morgan fingerprint density at radius 3 is 2.61 bits per heavy atom. The Bertz CT molecular complexity index is 1740. The smallest absolute Gasteiger partial charge is 0.268 e. The number of hydrogen-bond donors (Lipinski definition) is 2. The van der Waals surface area contributed by atoms with Gasteiger partial charge in [-0.25, -0.2) is 22.4 Å². The molecule has 194 valence electrons. The lowest BCUT2D eigenvalue weighted by atomic mass is 10.1. The molecule has 0 radical (unpaired) electrons. The Morgan fingerprint density at radius 2 is 1.82 bits per heavy atom. The van der Waals surface area contributed by atoms with Crippen LogP contribution in [0, 0.1) is 0 Å². The van der Waals surface area contributed by atoms with Crippen LogP contribution >= 0.6 is 11.3 Å². The summed E-state index contributed by atoms with van der Waals surface area (Å²) in [5.41, 5.74) is 1.33. The Balaban J connectivity index is 1.25. The average molecular weight is 547 g/mol. The van der Waals surface area contributed by atoms with Crippen molar-refractivity contribution in [3.8, 4) is 0 Å². The molecule has 1 aliphatic rings. The van der Waals surface area contributed by atoms with Gasteiger partial charge in [0, 0.05) is 23.3 Å². The van der Waals surface area contributed by atoms with E-state index in [1.165, 1.54) is 21.6 Å². The molecule has 11 heteroatoms. The number of benzene rings is 2. The van der Waals surface area contributed by atoms with Gasteiger partial charge >= 0.3 is 0 Å². The van der Waals surface area contributed by atoms with E-state index >= 15 is 0 Å². The van der Waals surface area contributed by atoms with Crippen LogP contribution in [-0.4, -0.2) is 59.3 Å². The lowest BCUT2D eigenvalue weighted by Crippen LogP contribution is -2.43. The standard InChI is InChI=1S/C27H26N6O3S2/c1-32-12-10-19(11-13-32)31-26(34)24-16-22-25(28-17-29-27(22)37-24)30-20-7-8-23-18(15-20)9-14-33(23)38(35,36)21-5-3-2-4-6-21/h2-9,14-17,19H,10-13H2,1H3,(H,31,34)(H,28,29,30). The summed E-state index contributed by atoms with van der Waals surface area (Å²) in [5.74, 6) is 0.496. The summed E-state index contributed by atoms with van der Waals surface area (Å²) in [6.07, 6.45) is 4.92. The van der Waals surface area contributed by atoms with Gasteiger partial charge < -0.3 is 15.5 Å². The summed E-state index contributed by atoms with van der Waals surface area (Å²) in [6.45, 7) is 1.95. The third-order valence-corrected chi connectivity index (χ3v) is 9.57. The Kier molecular flexibility index (Phi) is 6.34. The van der Waals surface area contributed by atoms with Gasteiger partial charge in [0.05, 0.1) is 20.7 Å². The molecule has 0 atom stereocenters. The van der Waals surface area contributed by atoms with E-state index in [0.29, 0.717) is 16.2 Å². The SMILES string of the molecule is CN1CCC(NC(=O)c2cc3c(Nc4ccc5c(ccn5S(=O)(=O)c5ccccc5)c4)ncnc3s2)CC1. The van der Waals surface area contributed by atoms with E-state index in [-0.39, 0.29) is 16.8 Å². The van der Waals surface area contributed by atoms with E-state index in [1.807, 2.05) is 18.2 Å². The molecule has 2 N–H and O–H groups in total. The number of fused-ring (bicyclic) bond motifs is 2. The van der Waals surface area contributed by atoms with Crippen molar-refractivity contribution in [2.24, 2.45) is 0 Å². The zero-order valence-electron chi connectivity index (χ0n) is 20.7. The fraction of sp³-hybridized carbons (Fsp3) is 0.222. The van der Waals surface area contributed by atoms with Crippen molar-refractivity contribution >= 4 is 59.9 Å². The highest BCUT2D eigenvalue weighted by atomic mass is 32.2. The molecule has 0 spiro atoms. The first-order chi connectivity index (χ1) is 18.4. The van der Waals surface area contributed by atoms with E-state index in [1.54, 1.807) is 48.7 Å². The summed E-state index contributed by atoms with van der Waals surface area (Å²) in [7, 11) is -1.61. The molecule has 1 fully saturated rings. The van der Waals surface area contributed by atoms with E-state index in [0.717, 1.165) is 47.2 Å². The quantitative estimate of drug-likeness (QED) is 0.324. The van der Waals surface area contributed by atoms with Crippen LogP contribution in [0.15, 0.2) is 78.1 Å². The molecule has 2 aromatic carbocycles. The third kappa shape index (κ3) is 4.64.